The Morgan fingerprint density at radius 3 is 2.93 bits per heavy atom. The van der Waals surface area contributed by atoms with Crippen LogP contribution in [0, 0.1) is 5.92 Å². The summed E-state index contributed by atoms with van der Waals surface area (Å²) < 4.78 is 7.57. The molecular formula is C13H15NO. The van der Waals surface area contributed by atoms with Gasteiger partial charge in [-0.3, -0.25) is 0 Å². The van der Waals surface area contributed by atoms with Gasteiger partial charge in [0, 0.05) is 23.6 Å². The first kappa shape index (κ1) is 8.84. The largest absolute Gasteiger partial charge is 0.497 e. The number of hydrogen-bond donors (Lipinski definition) is 0. The molecule has 1 fully saturated rings. The summed E-state index contributed by atoms with van der Waals surface area (Å²) in [5.74, 6) is 1.86. The first-order valence-corrected chi connectivity index (χ1v) is 5.50. The number of aromatic nitrogens is 1. The van der Waals surface area contributed by atoms with Gasteiger partial charge < -0.3 is 9.30 Å². The number of nitrogens with zero attached hydrogens (tertiary/aromatic N) is 1. The van der Waals surface area contributed by atoms with Crippen molar-refractivity contribution in [1.29, 1.82) is 0 Å². The summed E-state index contributed by atoms with van der Waals surface area (Å²) in [4.78, 5) is 0. The fourth-order valence-electron chi connectivity index (χ4n) is 2.04. The molecule has 0 amide bonds. The lowest BCUT2D eigenvalue weighted by molar-refractivity contribution is 0.415. The second-order valence-electron chi connectivity index (χ2n) is 4.34. The lowest BCUT2D eigenvalue weighted by Gasteiger charge is -2.04. The molecule has 0 aliphatic heterocycles. The predicted octanol–water partition coefficient (Wildman–Crippen LogP) is 3.06. The highest BCUT2D eigenvalue weighted by Gasteiger charge is 2.21. The molecule has 3 rings (SSSR count). The molecular weight excluding hydrogens is 186 g/mol. The van der Waals surface area contributed by atoms with E-state index in [0.717, 1.165) is 11.7 Å². The summed E-state index contributed by atoms with van der Waals surface area (Å²) in [6, 6.07) is 8.45. The Balaban J connectivity index is 2.01. The van der Waals surface area contributed by atoms with Gasteiger partial charge in [-0.1, -0.05) is 0 Å². The molecule has 78 valence electrons. The van der Waals surface area contributed by atoms with Crippen molar-refractivity contribution in [3.05, 3.63) is 30.5 Å². The molecule has 0 spiro atoms. The van der Waals surface area contributed by atoms with Gasteiger partial charge in [0.15, 0.2) is 0 Å². The van der Waals surface area contributed by atoms with Gasteiger partial charge in [-0.2, -0.15) is 0 Å². The molecule has 0 bridgehead atoms. The number of benzene rings is 1. The number of ether oxygens (including phenoxy) is 1. The number of methoxy groups -OCH3 is 1. The normalized spacial score (nSPS) is 15.8. The zero-order valence-corrected chi connectivity index (χ0v) is 8.94. The van der Waals surface area contributed by atoms with Gasteiger partial charge >= 0.3 is 0 Å². The zero-order valence-electron chi connectivity index (χ0n) is 8.94. The fraction of sp³-hybridized carbons (Fsp3) is 0.385. The van der Waals surface area contributed by atoms with Crippen LogP contribution in [0.1, 0.15) is 12.8 Å². The molecule has 0 radical (unpaired) electrons. The van der Waals surface area contributed by atoms with Crippen LogP contribution in [0.2, 0.25) is 0 Å². The minimum Gasteiger partial charge on any atom is -0.497 e. The van der Waals surface area contributed by atoms with Gasteiger partial charge in [0.25, 0.3) is 0 Å². The lowest BCUT2D eigenvalue weighted by Crippen LogP contribution is -1.97. The monoisotopic (exact) mass is 201 g/mol. The van der Waals surface area contributed by atoms with Crippen LogP contribution < -0.4 is 4.74 Å². The van der Waals surface area contributed by atoms with Gasteiger partial charge in [-0.05, 0) is 43.0 Å². The van der Waals surface area contributed by atoms with E-state index in [1.54, 1.807) is 7.11 Å². The molecule has 2 aromatic rings. The molecule has 2 heteroatoms. The van der Waals surface area contributed by atoms with Crippen LogP contribution in [0.15, 0.2) is 30.5 Å². The molecule has 0 N–H and O–H groups in total. The van der Waals surface area contributed by atoms with E-state index in [9.17, 15) is 0 Å². The lowest BCUT2D eigenvalue weighted by atomic mass is 10.2. The molecule has 0 saturated heterocycles. The highest BCUT2D eigenvalue weighted by Crippen LogP contribution is 2.32. The molecule has 1 heterocycles. The average molecular weight is 201 g/mol. The van der Waals surface area contributed by atoms with Crippen molar-refractivity contribution in [2.75, 3.05) is 7.11 Å². The maximum Gasteiger partial charge on any atom is 0.119 e. The summed E-state index contributed by atoms with van der Waals surface area (Å²) in [5.41, 5.74) is 1.32. The predicted molar refractivity (Wildman–Crippen MR) is 61.2 cm³/mol. The third-order valence-electron chi connectivity index (χ3n) is 3.13. The smallest absolute Gasteiger partial charge is 0.119 e. The first-order valence-electron chi connectivity index (χ1n) is 5.50. The summed E-state index contributed by atoms with van der Waals surface area (Å²) in [6.07, 6.45) is 4.98. The van der Waals surface area contributed by atoms with E-state index in [1.807, 2.05) is 6.07 Å². The molecule has 1 aromatic carbocycles. The highest BCUT2D eigenvalue weighted by molar-refractivity contribution is 5.81. The zero-order chi connectivity index (χ0) is 10.3. The third-order valence-corrected chi connectivity index (χ3v) is 3.13. The van der Waals surface area contributed by atoms with Crippen molar-refractivity contribution in [3.8, 4) is 5.75 Å². The van der Waals surface area contributed by atoms with E-state index in [2.05, 4.69) is 29.0 Å². The van der Waals surface area contributed by atoms with Crippen molar-refractivity contribution in [2.24, 2.45) is 5.92 Å². The maximum atomic E-state index is 5.22. The highest BCUT2D eigenvalue weighted by atomic mass is 16.5. The van der Waals surface area contributed by atoms with Gasteiger partial charge in [-0.25, -0.2) is 0 Å². The second kappa shape index (κ2) is 3.30. The molecule has 2 nitrogen and oxygen atoms in total. The van der Waals surface area contributed by atoms with E-state index in [-0.39, 0.29) is 0 Å². The van der Waals surface area contributed by atoms with Crippen LogP contribution in [0.5, 0.6) is 5.75 Å². The molecule has 0 unspecified atom stereocenters. The Bertz CT molecular complexity index is 482. The van der Waals surface area contributed by atoms with Crippen molar-refractivity contribution < 1.29 is 4.74 Å². The molecule has 15 heavy (non-hydrogen) atoms. The minimum atomic E-state index is 0.919. The van der Waals surface area contributed by atoms with Crippen LogP contribution in [0.3, 0.4) is 0 Å². The number of fused-ring (bicyclic) bond motifs is 1. The number of hydrogen-bond acceptors (Lipinski definition) is 1. The summed E-state index contributed by atoms with van der Waals surface area (Å²) in [6.45, 7) is 1.18. The van der Waals surface area contributed by atoms with Crippen molar-refractivity contribution in [2.45, 2.75) is 19.4 Å². The maximum absolute atomic E-state index is 5.22. The average Bonchev–Trinajstić information content (AvgIpc) is 2.99. The van der Waals surface area contributed by atoms with Crippen LogP contribution in [0.4, 0.5) is 0 Å². The van der Waals surface area contributed by atoms with Crippen LogP contribution >= 0.6 is 0 Å². The molecule has 1 aliphatic rings. The second-order valence-corrected chi connectivity index (χ2v) is 4.34. The van der Waals surface area contributed by atoms with Crippen LogP contribution in [-0.4, -0.2) is 11.7 Å². The van der Waals surface area contributed by atoms with Crippen LogP contribution in [-0.2, 0) is 6.54 Å². The van der Waals surface area contributed by atoms with E-state index < -0.39 is 0 Å². The molecule has 1 aliphatic carbocycles. The Morgan fingerprint density at radius 1 is 1.33 bits per heavy atom. The van der Waals surface area contributed by atoms with E-state index in [4.69, 9.17) is 4.74 Å². The van der Waals surface area contributed by atoms with Gasteiger partial charge in [0.05, 0.1) is 7.11 Å². The molecule has 0 atom stereocenters. The molecule has 1 saturated carbocycles. The molecule has 1 aromatic heterocycles. The minimum absolute atomic E-state index is 0.919. The summed E-state index contributed by atoms with van der Waals surface area (Å²) >= 11 is 0. The van der Waals surface area contributed by atoms with Gasteiger partial charge in [0.2, 0.25) is 0 Å². The number of rotatable bonds is 3. The SMILES string of the molecule is COc1ccc2c(ccn2CC2CC2)c1. The summed E-state index contributed by atoms with van der Waals surface area (Å²) in [7, 11) is 1.71. The quantitative estimate of drug-likeness (QED) is 0.744. The summed E-state index contributed by atoms with van der Waals surface area (Å²) in [5, 5.41) is 1.27. The van der Waals surface area contributed by atoms with Gasteiger partial charge in [0.1, 0.15) is 5.75 Å². The van der Waals surface area contributed by atoms with Crippen molar-refractivity contribution in [3.63, 3.8) is 0 Å². The Kier molecular flexibility index (Phi) is 1.94. The van der Waals surface area contributed by atoms with E-state index >= 15 is 0 Å². The fourth-order valence-corrected chi connectivity index (χ4v) is 2.04. The third kappa shape index (κ3) is 1.60. The van der Waals surface area contributed by atoms with E-state index in [1.165, 1.54) is 30.3 Å². The Hall–Kier alpha value is -1.44. The topological polar surface area (TPSA) is 14.2 Å². The van der Waals surface area contributed by atoms with Crippen LogP contribution in [0.25, 0.3) is 10.9 Å². The standard InChI is InChI=1S/C13H15NO/c1-15-12-4-5-13-11(8-12)6-7-14(13)9-10-2-3-10/h4-8,10H,2-3,9H2,1H3. The Labute approximate surface area is 89.5 Å². The Morgan fingerprint density at radius 2 is 2.20 bits per heavy atom. The van der Waals surface area contributed by atoms with Gasteiger partial charge in [-0.15, -0.1) is 0 Å². The first-order chi connectivity index (χ1) is 7.36. The van der Waals surface area contributed by atoms with Crippen molar-refractivity contribution in [1.82, 2.24) is 4.57 Å². The van der Waals surface area contributed by atoms with Crippen molar-refractivity contribution >= 4 is 10.9 Å². The van der Waals surface area contributed by atoms with E-state index in [0.29, 0.717) is 0 Å².